The molecule has 12 nitrogen and oxygen atoms in total. The van der Waals surface area contributed by atoms with Crippen molar-refractivity contribution in [2.24, 2.45) is 0 Å². The molecule has 2 aromatic heterocycles. The molecule has 0 bridgehead atoms. The number of ether oxygens (including phenoxy) is 10. The van der Waals surface area contributed by atoms with E-state index in [9.17, 15) is 0 Å². The Balaban J connectivity index is 1.10. The highest BCUT2D eigenvalue weighted by Gasteiger charge is 2.10. The highest BCUT2D eigenvalue weighted by molar-refractivity contribution is 5.75. The van der Waals surface area contributed by atoms with Crippen LogP contribution in [0.4, 0.5) is 0 Å². The van der Waals surface area contributed by atoms with Crippen LogP contribution in [0.2, 0.25) is 0 Å². The molecule has 0 atom stereocenters. The fourth-order valence-corrected chi connectivity index (χ4v) is 5.41. The van der Waals surface area contributed by atoms with Gasteiger partial charge < -0.3 is 47.4 Å². The molecule has 0 saturated heterocycles. The maximum absolute atomic E-state index is 6.04. The summed E-state index contributed by atoms with van der Waals surface area (Å²) in [5.41, 5.74) is 5.42. The summed E-state index contributed by atoms with van der Waals surface area (Å²) in [6.45, 7) is 7.59. The molecule has 4 heterocycles. The minimum Gasteiger partial charge on any atom is -0.487 e. The lowest BCUT2D eigenvalue weighted by atomic mass is 10.1. The average molecular weight is 741 g/mol. The summed E-state index contributed by atoms with van der Waals surface area (Å²) in [7, 11) is 0. The number of aromatic nitrogens is 2. The summed E-state index contributed by atoms with van der Waals surface area (Å²) in [6, 6.07) is 19.7. The van der Waals surface area contributed by atoms with Crippen LogP contribution in [0, 0.1) is 0 Å². The van der Waals surface area contributed by atoms with E-state index in [-0.39, 0.29) is 0 Å². The molecule has 0 spiro atoms. The van der Waals surface area contributed by atoms with Crippen molar-refractivity contribution in [3.05, 3.63) is 95.3 Å². The van der Waals surface area contributed by atoms with Crippen LogP contribution < -0.4 is 18.9 Å². The molecule has 286 valence electrons. The fraction of sp³-hybridized carbons (Fsp3) is 0.381. The number of hydrogen-bond donors (Lipinski definition) is 0. The number of hydrogen-bond acceptors (Lipinski definition) is 12. The molecule has 2 aromatic carbocycles. The molecule has 2 aliphatic rings. The molecule has 0 N–H and O–H groups in total. The molecular weight excluding hydrogens is 692 g/mol. The van der Waals surface area contributed by atoms with Gasteiger partial charge in [0.15, 0.2) is 23.0 Å². The second kappa shape index (κ2) is 22.4. The first-order valence-corrected chi connectivity index (χ1v) is 18.3. The first kappa shape index (κ1) is 38.9. The molecule has 2 aliphatic heterocycles. The van der Waals surface area contributed by atoms with Crippen LogP contribution in [0.3, 0.4) is 0 Å². The zero-order valence-corrected chi connectivity index (χ0v) is 30.5. The van der Waals surface area contributed by atoms with Crippen LogP contribution in [0.15, 0.2) is 73.1 Å². The SMILES string of the molecule is C(=C\c1ccc2c(c1)OCCOCCOCCOCCO2)/c1ccnc(-c2cc(/C=C/c3ccc4c(c3)OCCOCCOCCOCCO4)ccn2)c1. The van der Waals surface area contributed by atoms with E-state index in [1.807, 2.05) is 85.0 Å². The first-order chi connectivity index (χ1) is 26.8. The Kier molecular flexibility index (Phi) is 16.1. The summed E-state index contributed by atoms with van der Waals surface area (Å²) < 4.78 is 57.4. The van der Waals surface area contributed by atoms with Gasteiger partial charge in [0.05, 0.1) is 90.7 Å². The summed E-state index contributed by atoms with van der Waals surface area (Å²) in [5, 5.41) is 0. The monoisotopic (exact) mass is 740 g/mol. The molecule has 0 unspecified atom stereocenters. The molecule has 0 radical (unpaired) electrons. The smallest absolute Gasteiger partial charge is 0.161 e. The highest BCUT2D eigenvalue weighted by Crippen LogP contribution is 2.31. The van der Waals surface area contributed by atoms with Gasteiger partial charge in [-0.05, 0) is 70.8 Å². The number of rotatable bonds is 5. The Labute approximate surface area is 316 Å². The predicted octanol–water partition coefficient (Wildman–Crippen LogP) is 6.13. The summed E-state index contributed by atoms with van der Waals surface area (Å²) in [6.07, 6.45) is 11.7. The van der Waals surface area contributed by atoms with Crippen molar-refractivity contribution >= 4 is 24.3 Å². The Morgan fingerprint density at radius 1 is 0.315 bits per heavy atom. The molecular formula is C42H48N2O10. The van der Waals surface area contributed by atoms with Gasteiger partial charge in [0.1, 0.15) is 26.4 Å². The maximum Gasteiger partial charge on any atom is 0.161 e. The quantitative estimate of drug-likeness (QED) is 0.235. The molecule has 6 rings (SSSR count). The van der Waals surface area contributed by atoms with Crippen molar-refractivity contribution in [3.63, 3.8) is 0 Å². The molecule has 4 aromatic rings. The van der Waals surface area contributed by atoms with Crippen LogP contribution in [0.1, 0.15) is 22.3 Å². The fourth-order valence-electron chi connectivity index (χ4n) is 5.41. The number of nitrogens with zero attached hydrogens (tertiary/aromatic N) is 2. The zero-order valence-electron chi connectivity index (χ0n) is 30.5. The lowest BCUT2D eigenvalue weighted by Gasteiger charge is -2.13. The van der Waals surface area contributed by atoms with Gasteiger partial charge in [-0.2, -0.15) is 0 Å². The standard InChI is InChI=1S/C42H48N2O10/c1(33-5-7-39-41(31-33)53-27-23-49-19-15-45-13-17-47-21-25-51-39)3-35-9-11-43-37(29-35)38-30-36(10-12-44-38)4-2-34-6-8-40-42(32-34)54-28-24-50-20-16-46-14-18-48-22-26-52-40/h1-12,29-32H,13-28H2/b3-1+,4-2+. The molecule has 0 saturated carbocycles. The van der Waals surface area contributed by atoms with E-state index in [1.165, 1.54) is 0 Å². The largest absolute Gasteiger partial charge is 0.487 e. The zero-order chi connectivity index (χ0) is 36.9. The van der Waals surface area contributed by atoms with Crippen molar-refractivity contribution < 1.29 is 47.4 Å². The normalized spacial score (nSPS) is 17.6. The Morgan fingerprint density at radius 2 is 0.611 bits per heavy atom. The van der Waals surface area contributed by atoms with Crippen molar-refractivity contribution in [2.75, 3.05) is 106 Å². The van der Waals surface area contributed by atoms with Crippen molar-refractivity contribution in [3.8, 4) is 34.4 Å². The van der Waals surface area contributed by atoms with Crippen LogP contribution >= 0.6 is 0 Å². The summed E-state index contributed by atoms with van der Waals surface area (Å²) in [4.78, 5) is 9.23. The van der Waals surface area contributed by atoms with Crippen molar-refractivity contribution in [2.45, 2.75) is 0 Å². The highest BCUT2D eigenvalue weighted by atomic mass is 16.6. The molecule has 54 heavy (non-hydrogen) atoms. The van der Waals surface area contributed by atoms with Gasteiger partial charge in [-0.1, -0.05) is 36.4 Å². The number of fused-ring (bicyclic) bond motifs is 2. The second-order valence-corrected chi connectivity index (χ2v) is 12.1. The van der Waals surface area contributed by atoms with Gasteiger partial charge >= 0.3 is 0 Å². The van der Waals surface area contributed by atoms with Gasteiger partial charge in [0.2, 0.25) is 0 Å². The van der Waals surface area contributed by atoms with Gasteiger partial charge in [-0.25, -0.2) is 0 Å². The third-order valence-corrected chi connectivity index (χ3v) is 8.13. The number of pyridine rings is 2. The van der Waals surface area contributed by atoms with E-state index in [0.717, 1.165) is 33.6 Å². The van der Waals surface area contributed by atoms with Crippen LogP contribution in [-0.2, 0) is 28.4 Å². The summed E-state index contributed by atoms with van der Waals surface area (Å²) in [5.74, 6) is 2.62. The van der Waals surface area contributed by atoms with Crippen LogP contribution in [0.5, 0.6) is 23.0 Å². The van der Waals surface area contributed by atoms with Gasteiger partial charge in [0, 0.05) is 12.4 Å². The third kappa shape index (κ3) is 13.2. The van der Waals surface area contributed by atoms with E-state index in [4.69, 9.17) is 47.4 Å². The third-order valence-electron chi connectivity index (χ3n) is 8.13. The van der Waals surface area contributed by atoms with E-state index >= 15 is 0 Å². The lowest BCUT2D eigenvalue weighted by Crippen LogP contribution is -2.13. The molecule has 0 amide bonds. The van der Waals surface area contributed by atoms with Crippen molar-refractivity contribution in [1.82, 2.24) is 9.97 Å². The molecule has 0 fully saturated rings. The minimum absolute atomic E-state index is 0.397. The van der Waals surface area contributed by atoms with Crippen LogP contribution in [-0.4, -0.2) is 116 Å². The Morgan fingerprint density at radius 3 is 0.963 bits per heavy atom. The number of benzene rings is 2. The van der Waals surface area contributed by atoms with Crippen molar-refractivity contribution in [1.29, 1.82) is 0 Å². The predicted molar refractivity (Wildman–Crippen MR) is 205 cm³/mol. The van der Waals surface area contributed by atoms with E-state index in [1.54, 1.807) is 12.4 Å². The Bertz CT molecular complexity index is 1650. The molecule has 12 heteroatoms. The minimum atomic E-state index is 0.397. The average Bonchev–Trinajstić information content (AvgIpc) is 3.22. The Hall–Kier alpha value is -4.82. The summed E-state index contributed by atoms with van der Waals surface area (Å²) >= 11 is 0. The lowest BCUT2D eigenvalue weighted by molar-refractivity contribution is 0.00708. The van der Waals surface area contributed by atoms with Gasteiger partial charge in [0.25, 0.3) is 0 Å². The van der Waals surface area contributed by atoms with E-state index in [2.05, 4.69) is 9.97 Å². The van der Waals surface area contributed by atoms with E-state index < -0.39 is 0 Å². The van der Waals surface area contributed by atoms with Gasteiger partial charge in [-0.15, -0.1) is 0 Å². The van der Waals surface area contributed by atoms with E-state index in [0.29, 0.717) is 129 Å². The first-order valence-electron chi connectivity index (χ1n) is 18.3. The van der Waals surface area contributed by atoms with Gasteiger partial charge in [-0.3, -0.25) is 9.97 Å². The topological polar surface area (TPSA) is 118 Å². The second-order valence-electron chi connectivity index (χ2n) is 12.1. The molecule has 0 aliphatic carbocycles. The maximum atomic E-state index is 6.04. The van der Waals surface area contributed by atoms with Crippen LogP contribution in [0.25, 0.3) is 35.7 Å².